The van der Waals surface area contributed by atoms with Crippen LogP contribution in [0.25, 0.3) is 10.8 Å². The smallest absolute Gasteiger partial charge is 0.244 e. The molecule has 0 bridgehead atoms. The molecule has 2 amide bonds. The minimum Gasteiger partial charge on any atom is -0.355 e. The van der Waals surface area contributed by atoms with Gasteiger partial charge in [-0.25, -0.2) is 8.42 Å². The van der Waals surface area contributed by atoms with Crippen LogP contribution < -0.4 is 9.62 Å². The molecule has 3 rings (SSSR count). The van der Waals surface area contributed by atoms with Crippen molar-refractivity contribution in [3.05, 3.63) is 77.9 Å². The van der Waals surface area contributed by atoms with Crippen LogP contribution in [-0.2, 0) is 26.2 Å². The third kappa shape index (κ3) is 6.19. The Hall–Kier alpha value is -3.39. The standard InChI is InChI=1S/C27H33N3O4S/c1-5-24(27(32)28-6-2)29(18-22-14-8-7-12-20(22)3)26(31)19-30(35(4,33)34)25-17-11-15-21-13-9-10-16-23(21)25/h7-17,24H,5-6,18-19H2,1-4H3,(H,28,32). The Morgan fingerprint density at radius 2 is 1.60 bits per heavy atom. The molecule has 1 unspecified atom stereocenters. The van der Waals surface area contributed by atoms with Gasteiger partial charge >= 0.3 is 0 Å². The molecule has 0 aliphatic rings. The first-order chi connectivity index (χ1) is 16.7. The molecule has 3 aromatic rings. The van der Waals surface area contributed by atoms with Crippen molar-refractivity contribution >= 4 is 38.3 Å². The molecule has 186 valence electrons. The first-order valence-corrected chi connectivity index (χ1v) is 13.6. The molecule has 1 N–H and O–H groups in total. The summed E-state index contributed by atoms with van der Waals surface area (Å²) in [4.78, 5) is 28.2. The average molecular weight is 496 g/mol. The lowest BCUT2D eigenvalue weighted by Gasteiger charge is -2.33. The summed E-state index contributed by atoms with van der Waals surface area (Å²) < 4.78 is 26.9. The van der Waals surface area contributed by atoms with Gasteiger partial charge in [0.2, 0.25) is 21.8 Å². The first kappa shape index (κ1) is 26.2. The number of nitrogens with zero attached hydrogens (tertiary/aromatic N) is 2. The van der Waals surface area contributed by atoms with Gasteiger partial charge in [-0.15, -0.1) is 0 Å². The van der Waals surface area contributed by atoms with Gasteiger partial charge in [-0.05, 0) is 42.8 Å². The number of carbonyl (C=O) groups is 2. The monoisotopic (exact) mass is 495 g/mol. The second-order valence-corrected chi connectivity index (χ2v) is 10.4. The molecule has 0 saturated heterocycles. The maximum absolute atomic E-state index is 13.8. The predicted molar refractivity (Wildman–Crippen MR) is 141 cm³/mol. The fourth-order valence-corrected chi connectivity index (χ4v) is 5.06. The third-order valence-electron chi connectivity index (χ3n) is 6.05. The Morgan fingerprint density at radius 3 is 2.26 bits per heavy atom. The van der Waals surface area contributed by atoms with Gasteiger partial charge in [-0.3, -0.25) is 13.9 Å². The fourth-order valence-electron chi connectivity index (χ4n) is 4.20. The van der Waals surface area contributed by atoms with Crippen molar-refractivity contribution in [1.82, 2.24) is 10.2 Å². The van der Waals surface area contributed by atoms with Crippen molar-refractivity contribution in [1.29, 1.82) is 0 Å². The summed E-state index contributed by atoms with van der Waals surface area (Å²) in [6, 6.07) is 19.8. The van der Waals surface area contributed by atoms with Crippen LogP contribution in [0.1, 0.15) is 31.4 Å². The molecule has 7 nitrogen and oxygen atoms in total. The Labute approximate surface area is 207 Å². The van der Waals surface area contributed by atoms with E-state index < -0.39 is 28.5 Å². The molecule has 0 saturated carbocycles. The molecule has 35 heavy (non-hydrogen) atoms. The van der Waals surface area contributed by atoms with Gasteiger partial charge in [0.05, 0.1) is 11.9 Å². The second kappa shape index (κ2) is 11.4. The van der Waals surface area contributed by atoms with Gasteiger partial charge in [0.1, 0.15) is 12.6 Å². The van der Waals surface area contributed by atoms with E-state index in [0.717, 1.165) is 32.5 Å². The Kier molecular flexibility index (Phi) is 8.51. The maximum atomic E-state index is 13.8. The number of rotatable bonds is 10. The van der Waals surface area contributed by atoms with E-state index in [4.69, 9.17) is 0 Å². The molecule has 0 aliphatic heterocycles. The average Bonchev–Trinajstić information content (AvgIpc) is 2.82. The van der Waals surface area contributed by atoms with Gasteiger partial charge in [0, 0.05) is 18.5 Å². The number of fused-ring (bicyclic) bond motifs is 1. The van der Waals surface area contributed by atoms with Crippen molar-refractivity contribution < 1.29 is 18.0 Å². The van der Waals surface area contributed by atoms with Crippen LogP contribution >= 0.6 is 0 Å². The topological polar surface area (TPSA) is 86.8 Å². The lowest BCUT2D eigenvalue weighted by Crippen LogP contribution is -2.52. The summed E-state index contributed by atoms with van der Waals surface area (Å²) in [7, 11) is -3.80. The summed E-state index contributed by atoms with van der Waals surface area (Å²) in [6.07, 6.45) is 1.49. The Bertz CT molecular complexity index is 1300. The van der Waals surface area contributed by atoms with Crippen molar-refractivity contribution in [3.63, 3.8) is 0 Å². The number of likely N-dealkylation sites (N-methyl/N-ethyl adjacent to an activating group) is 1. The highest BCUT2D eigenvalue weighted by Crippen LogP contribution is 2.29. The van der Waals surface area contributed by atoms with Crippen molar-refractivity contribution in [3.8, 4) is 0 Å². The number of carbonyl (C=O) groups excluding carboxylic acids is 2. The number of sulfonamides is 1. The molecular weight excluding hydrogens is 462 g/mol. The molecule has 8 heteroatoms. The number of hydrogen-bond acceptors (Lipinski definition) is 4. The zero-order valence-corrected chi connectivity index (χ0v) is 21.5. The van der Waals surface area contributed by atoms with Crippen molar-refractivity contribution in [2.45, 2.75) is 39.8 Å². The van der Waals surface area contributed by atoms with E-state index in [9.17, 15) is 18.0 Å². The largest absolute Gasteiger partial charge is 0.355 e. The molecule has 0 heterocycles. The van der Waals surface area contributed by atoms with Crippen LogP contribution in [0, 0.1) is 6.92 Å². The van der Waals surface area contributed by atoms with Gasteiger partial charge in [0.15, 0.2) is 0 Å². The van der Waals surface area contributed by atoms with E-state index in [-0.39, 0.29) is 12.5 Å². The van der Waals surface area contributed by atoms with E-state index in [1.54, 1.807) is 12.1 Å². The van der Waals surface area contributed by atoms with Crippen LogP contribution in [0.15, 0.2) is 66.7 Å². The van der Waals surface area contributed by atoms with Gasteiger partial charge in [-0.1, -0.05) is 67.6 Å². The predicted octanol–water partition coefficient (Wildman–Crippen LogP) is 3.86. The van der Waals surface area contributed by atoms with Crippen LogP contribution in [0.2, 0.25) is 0 Å². The molecular formula is C27H33N3O4S. The number of nitrogens with one attached hydrogen (secondary N) is 1. The lowest BCUT2D eigenvalue weighted by atomic mass is 10.1. The summed E-state index contributed by atoms with van der Waals surface area (Å²) >= 11 is 0. The van der Waals surface area contributed by atoms with Crippen molar-refractivity contribution in [2.24, 2.45) is 0 Å². The molecule has 0 spiro atoms. The van der Waals surface area contributed by atoms with E-state index in [2.05, 4.69) is 5.32 Å². The third-order valence-corrected chi connectivity index (χ3v) is 7.18. The molecule has 1 atom stereocenters. The normalized spacial score (nSPS) is 12.2. The highest BCUT2D eigenvalue weighted by atomic mass is 32.2. The van der Waals surface area contributed by atoms with Gasteiger partial charge in [-0.2, -0.15) is 0 Å². The minimum atomic E-state index is -3.80. The Balaban J connectivity index is 2.04. The summed E-state index contributed by atoms with van der Waals surface area (Å²) in [5.41, 5.74) is 2.32. The molecule has 0 fully saturated rings. The minimum absolute atomic E-state index is 0.203. The summed E-state index contributed by atoms with van der Waals surface area (Å²) in [5.74, 6) is -0.697. The number of aryl methyl sites for hydroxylation is 1. The second-order valence-electron chi connectivity index (χ2n) is 8.53. The fraction of sp³-hybridized carbons (Fsp3) is 0.333. The quantitative estimate of drug-likeness (QED) is 0.463. The van der Waals surface area contributed by atoms with Gasteiger partial charge < -0.3 is 10.2 Å². The van der Waals surface area contributed by atoms with Crippen molar-refractivity contribution in [2.75, 3.05) is 23.7 Å². The summed E-state index contributed by atoms with van der Waals surface area (Å²) in [6.45, 7) is 5.85. The molecule has 0 aromatic heterocycles. The zero-order valence-electron chi connectivity index (χ0n) is 20.7. The molecule has 0 radical (unpaired) electrons. The molecule has 0 aliphatic carbocycles. The van der Waals surface area contributed by atoms with Crippen LogP contribution in [0.4, 0.5) is 5.69 Å². The molecule has 3 aromatic carbocycles. The lowest BCUT2D eigenvalue weighted by molar-refractivity contribution is -0.140. The van der Waals surface area contributed by atoms with E-state index >= 15 is 0 Å². The summed E-state index contributed by atoms with van der Waals surface area (Å²) in [5, 5.41) is 4.41. The van der Waals surface area contributed by atoms with Crippen LogP contribution in [-0.4, -0.2) is 50.5 Å². The number of benzene rings is 3. The first-order valence-electron chi connectivity index (χ1n) is 11.7. The van der Waals surface area contributed by atoms with Crippen LogP contribution in [0.3, 0.4) is 0 Å². The number of hydrogen-bond donors (Lipinski definition) is 1. The SMILES string of the molecule is CCNC(=O)C(CC)N(Cc1ccccc1C)C(=O)CN(c1cccc2ccccc12)S(C)(=O)=O. The van der Waals surface area contributed by atoms with E-state index in [0.29, 0.717) is 18.7 Å². The van der Waals surface area contributed by atoms with Crippen LogP contribution in [0.5, 0.6) is 0 Å². The van der Waals surface area contributed by atoms with E-state index in [1.165, 1.54) is 4.90 Å². The zero-order chi connectivity index (χ0) is 25.6. The maximum Gasteiger partial charge on any atom is 0.244 e. The number of amides is 2. The number of anilines is 1. The highest BCUT2D eigenvalue weighted by Gasteiger charge is 2.32. The van der Waals surface area contributed by atoms with E-state index in [1.807, 2.05) is 75.4 Å². The highest BCUT2D eigenvalue weighted by molar-refractivity contribution is 7.92. The Morgan fingerprint density at radius 1 is 0.943 bits per heavy atom. The van der Waals surface area contributed by atoms with Gasteiger partial charge in [0.25, 0.3) is 0 Å².